The second kappa shape index (κ2) is 9.32. The fraction of sp³-hybridized carbons (Fsp3) is 0.208. The van der Waals surface area contributed by atoms with Crippen molar-refractivity contribution in [3.05, 3.63) is 82.3 Å². The minimum atomic E-state index is -0.340. The number of hydrogen-bond acceptors (Lipinski definition) is 6. The van der Waals surface area contributed by atoms with E-state index in [9.17, 15) is 4.79 Å². The van der Waals surface area contributed by atoms with Crippen LogP contribution in [-0.2, 0) is 13.7 Å². The average molecular weight is 449 g/mol. The number of methoxy groups -OCH3 is 1. The number of rotatable bonds is 7. The molecule has 7 nitrogen and oxygen atoms in total. The van der Waals surface area contributed by atoms with Crippen LogP contribution in [0.2, 0.25) is 0 Å². The summed E-state index contributed by atoms with van der Waals surface area (Å²) < 4.78 is 14.1. The first kappa shape index (κ1) is 21.7. The Bertz CT molecular complexity index is 1310. The van der Waals surface area contributed by atoms with Gasteiger partial charge in [-0.25, -0.2) is 4.79 Å². The standard InChI is InChI=1S/C24H24N4O3S/c1-16-13-18(17-7-5-8-19(14-17)32-4)11-12-22(16)31-15-20-21(9-6-10-23(20)30-3)28-24(29)27(2)25-26-28/h5-14H,15H2,1-4H3. The molecule has 0 saturated heterocycles. The van der Waals surface area contributed by atoms with Crippen molar-refractivity contribution in [3.63, 3.8) is 0 Å². The van der Waals surface area contributed by atoms with Gasteiger partial charge in [-0.05, 0) is 76.7 Å². The first-order chi connectivity index (χ1) is 15.5. The van der Waals surface area contributed by atoms with Gasteiger partial charge in [0.2, 0.25) is 0 Å². The summed E-state index contributed by atoms with van der Waals surface area (Å²) >= 11 is 1.72. The van der Waals surface area contributed by atoms with Crippen LogP contribution in [0.1, 0.15) is 11.1 Å². The first-order valence-corrected chi connectivity index (χ1v) is 11.3. The topological polar surface area (TPSA) is 71.2 Å². The average Bonchev–Trinajstić information content (AvgIpc) is 3.16. The van der Waals surface area contributed by atoms with Crippen LogP contribution in [0.4, 0.5) is 0 Å². The van der Waals surface area contributed by atoms with Crippen LogP contribution in [-0.4, -0.2) is 33.2 Å². The lowest BCUT2D eigenvalue weighted by Crippen LogP contribution is -2.23. The molecular weight excluding hydrogens is 424 g/mol. The van der Waals surface area contributed by atoms with Gasteiger partial charge in [0, 0.05) is 11.9 Å². The minimum Gasteiger partial charge on any atom is -0.496 e. The van der Waals surface area contributed by atoms with E-state index in [0.29, 0.717) is 17.0 Å². The Kier molecular flexibility index (Phi) is 6.32. The second-order valence-corrected chi connectivity index (χ2v) is 8.14. The zero-order chi connectivity index (χ0) is 22.7. The lowest BCUT2D eigenvalue weighted by Gasteiger charge is -2.15. The van der Waals surface area contributed by atoms with E-state index in [-0.39, 0.29) is 12.3 Å². The molecule has 0 aliphatic rings. The predicted octanol–water partition coefficient (Wildman–Crippen LogP) is 4.25. The quantitative estimate of drug-likeness (QED) is 0.394. The number of thioether (sulfide) groups is 1. The van der Waals surface area contributed by atoms with Crippen LogP contribution < -0.4 is 15.2 Å². The van der Waals surface area contributed by atoms with E-state index in [1.165, 1.54) is 19.8 Å². The number of ether oxygens (including phenoxy) is 2. The van der Waals surface area contributed by atoms with Crippen molar-refractivity contribution in [2.24, 2.45) is 7.05 Å². The molecule has 0 amide bonds. The monoisotopic (exact) mass is 448 g/mol. The van der Waals surface area contributed by atoms with Crippen LogP contribution in [0.15, 0.2) is 70.4 Å². The summed E-state index contributed by atoms with van der Waals surface area (Å²) in [6.45, 7) is 2.23. The predicted molar refractivity (Wildman–Crippen MR) is 126 cm³/mol. The molecule has 0 fully saturated rings. The van der Waals surface area contributed by atoms with E-state index in [0.717, 1.165) is 16.9 Å². The number of hydrogen-bond donors (Lipinski definition) is 0. The highest BCUT2D eigenvalue weighted by molar-refractivity contribution is 7.98. The summed E-state index contributed by atoms with van der Waals surface area (Å²) in [5.41, 5.74) is 4.27. The third-order valence-corrected chi connectivity index (χ3v) is 5.95. The fourth-order valence-electron chi connectivity index (χ4n) is 3.50. The van der Waals surface area contributed by atoms with Gasteiger partial charge in [0.15, 0.2) is 0 Å². The fourth-order valence-corrected chi connectivity index (χ4v) is 3.96. The van der Waals surface area contributed by atoms with Gasteiger partial charge in [0.05, 0.1) is 18.4 Å². The highest BCUT2D eigenvalue weighted by Crippen LogP contribution is 2.31. The van der Waals surface area contributed by atoms with E-state index in [1.807, 2.05) is 25.1 Å². The molecule has 0 spiro atoms. The highest BCUT2D eigenvalue weighted by Gasteiger charge is 2.16. The molecule has 0 aliphatic carbocycles. The lowest BCUT2D eigenvalue weighted by molar-refractivity contribution is 0.294. The lowest BCUT2D eigenvalue weighted by atomic mass is 10.0. The molecule has 3 aromatic carbocycles. The molecule has 4 aromatic rings. The molecular formula is C24H24N4O3S. The Morgan fingerprint density at radius 1 is 0.969 bits per heavy atom. The third-order valence-electron chi connectivity index (χ3n) is 5.23. The third kappa shape index (κ3) is 4.27. The van der Waals surface area contributed by atoms with Crippen molar-refractivity contribution in [1.29, 1.82) is 0 Å². The van der Waals surface area contributed by atoms with Gasteiger partial charge in [0.1, 0.15) is 18.1 Å². The van der Waals surface area contributed by atoms with E-state index in [1.54, 1.807) is 32.0 Å². The van der Waals surface area contributed by atoms with Crippen LogP contribution >= 0.6 is 11.8 Å². The Labute approximate surface area is 190 Å². The van der Waals surface area contributed by atoms with Gasteiger partial charge in [-0.3, -0.25) is 0 Å². The van der Waals surface area contributed by atoms with Gasteiger partial charge in [-0.1, -0.05) is 24.3 Å². The van der Waals surface area contributed by atoms with Crippen molar-refractivity contribution in [3.8, 4) is 28.3 Å². The number of benzene rings is 3. The first-order valence-electron chi connectivity index (χ1n) is 10.0. The van der Waals surface area contributed by atoms with Crippen molar-refractivity contribution >= 4 is 11.8 Å². The van der Waals surface area contributed by atoms with Crippen LogP contribution in [0.5, 0.6) is 11.5 Å². The summed E-state index contributed by atoms with van der Waals surface area (Å²) in [4.78, 5) is 13.6. The van der Waals surface area contributed by atoms with Gasteiger partial charge < -0.3 is 9.47 Å². The van der Waals surface area contributed by atoms with Gasteiger partial charge in [0.25, 0.3) is 0 Å². The summed E-state index contributed by atoms with van der Waals surface area (Å²) in [6.07, 6.45) is 2.07. The molecule has 0 unspecified atom stereocenters. The molecule has 164 valence electrons. The van der Waals surface area contributed by atoms with Crippen LogP contribution in [0.25, 0.3) is 16.8 Å². The maximum atomic E-state index is 12.4. The molecule has 0 N–H and O–H groups in total. The molecule has 1 heterocycles. The van der Waals surface area contributed by atoms with Crippen LogP contribution in [0.3, 0.4) is 0 Å². The zero-order valence-electron chi connectivity index (χ0n) is 18.4. The molecule has 8 heteroatoms. The number of nitrogens with zero attached hydrogens (tertiary/aromatic N) is 4. The Morgan fingerprint density at radius 3 is 2.44 bits per heavy atom. The van der Waals surface area contributed by atoms with Gasteiger partial charge in [-0.15, -0.1) is 11.8 Å². The normalized spacial score (nSPS) is 10.9. The van der Waals surface area contributed by atoms with Crippen molar-refractivity contribution in [2.45, 2.75) is 18.4 Å². The molecule has 1 aromatic heterocycles. The maximum absolute atomic E-state index is 12.4. The van der Waals surface area contributed by atoms with Gasteiger partial charge in [-0.2, -0.15) is 9.36 Å². The molecule has 0 atom stereocenters. The maximum Gasteiger partial charge on any atom is 0.368 e. The van der Waals surface area contributed by atoms with E-state index in [4.69, 9.17) is 9.47 Å². The number of aryl methyl sites for hydroxylation is 2. The SMILES string of the molecule is COc1cccc(-n2nnn(C)c2=O)c1COc1ccc(-c2cccc(SC)c2)cc1C. The molecule has 0 saturated carbocycles. The Morgan fingerprint density at radius 2 is 1.75 bits per heavy atom. The van der Waals surface area contributed by atoms with Crippen LogP contribution in [0, 0.1) is 6.92 Å². The summed E-state index contributed by atoms with van der Waals surface area (Å²) in [5.74, 6) is 1.38. The van der Waals surface area contributed by atoms with E-state index >= 15 is 0 Å². The van der Waals surface area contributed by atoms with Gasteiger partial charge >= 0.3 is 5.69 Å². The summed E-state index contributed by atoms with van der Waals surface area (Å²) in [5, 5.41) is 7.76. The van der Waals surface area contributed by atoms with E-state index in [2.05, 4.69) is 53.1 Å². The Balaban J connectivity index is 1.63. The molecule has 4 rings (SSSR count). The van der Waals surface area contributed by atoms with E-state index < -0.39 is 0 Å². The molecule has 0 bridgehead atoms. The summed E-state index contributed by atoms with van der Waals surface area (Å²) in [6, 6.07) is 20.0. The number of tetrazole rings is 1. The molecule has 32 heavy (non-hydrogen) atoms. The van der Waals surface area contributed by atoms with Crippen molar-refractivity contribution in [1.82, 2.24) is 19.8 Å². The Hall–Kier alpha value is -3.52. The molecule has 0 radical (unpaired) electrons. The second-order valence-electron chi connectivity index (χ2n) is 7.26. The molecule has 0 aliphatic heterocycles. The van der Waals surface area contributed by atoms with Crippen molar-refractivity contribution in [2.75, 3.05) is 13.4 Å². The number of aromatic nitrogens is 4. The zero-order valence-corrected chi connectivity index (χ0v) is 19.2. The largest absolute Gasteiger partial charge is 0.496 e. The summed E-state index contributed by atoms with van der Waals surface area (Å²) in [7, 11) is 3.15. The smallest absolute Gasteiger partial charge is 0.368 e. The van der Waals surface area contributed by atoms with Crippen molar-refractivity contribution < 1.29 is 9.47 Å². The highest BCUT2D eigenvalue weighted by atomic mass is 32.2. The minimum absolute atomic E-state index is 0.213.